The zero-order valence-corrected chi connectivity index (χ0v) is 11.0. The Morgan fingerprint density at radius 3 is 2.41 bits per heavy atom. The smallest absolute Gasteiger partial charge is 0.160 e. The van der Waals surface area contributed by atoms with E-state index in [0.717, 1.165) is 12.1 Å². The van der Waals surface area contributed by atoms with Crippen LogP contribution < -0.4 is 5.32 Å². The largest absolute Gasteiger partial charge is 0.316 e. The molecule has 2 nitrogen and oxygen atoms in total. The third-order valence-corrected chi connectivity index (χ3v) is 4.10. The molecule has 0 aromatic heterocycles. The lowest BCUT2D eigenvalue weighted by Gasteiger charge is -2.19. The highest BCUT2D eigenvalue weighted by Crippen LogP contribution is 2.14. The molecule has 0 aliphatic carbocycles. The summed E-state index contributed by atoms with van der Waals surface area (Å²) < 4.78 is 37.7. The number of benzene rings is 1. The molecule has 0 aliphatic rings. The number of hydrogen-bond acceptors (Lipinski definition) is 2. The fraction of sp³-hybridized carbons (Fsp3) is 0.500. The predicted octanol–water partition coefficient (Wildman–Crippen LogP) is 2.32. The third-order valence-electron chi connectivity index (χ3n) is 2.66. The number of hydrogen-bond donors (Lipinski definition) is 1. The summed E-state index contributed by atoms with van der Waals surface area (Å²) in [6.07, 6.45) is 0. The highest BCUT2D eigenvalue weighted by atomic mass is 32.2. The van der Waals surface area contributed by atoms with Gasteiger partial charge in [0.25, 0.3) is 0 Å². The van der Waals surface area contributed by atoms with E-state index in [-0.39, 0.29) is 6.04 Å². The van der Waals surface area contributed by atoms with Gasteiger partial charge in [0.15, 0.2) is 11.6 Å². The molecule has 0 saturated heterocycles. The Morgan fingerprint density at radius 2 is 1.94 bits per heavy atom. The molecule has 0 radical (unpaired) electrons. The van der Waals surface area contributed by atoms with Gasteiger partial charge in [0.1, 0.15) is 0 Å². The van der Waals surface area contributed by atoms with E-state index in [1.807, 2.05) is 13.8 Å². The standard InChI is InChI=1S/C12H17F2NOS/c1-8(2)12(15-3)7-17(16)9-4-5-10(13)11(14)6-9/h4-6,8,12,15H,7H2,1-3H3. The van der Waals surface area contributed by atoms with Crippen molar-refractivity contribution in [1.82, 2.24) is 5.32 Å². The van der Waals surface area contributed by atoms with Crippen molar-refractivity contribution in [3.05, 3.63) is 29.8 Å². The van der Waals surface area contributed by atoms with E-state index in [1.165, 1.54) is 6.07 Å². The average Bonchev–Trinajstić information content (AvgIpc) is 2.28. The first-order valence-electron chi connectivity index (χ1n) is 5.46. The van der Waals surface area contributed by atoms with Crippen molar-refractivity contribution in [2.45, 2.75) is 24.8 Å². The van der Waals surface area contributed by atoms with Crippen molar-refractivity contribution in [1.29, 1.82) is 0 Å². The molecule has 0 amide bonds. The maximum atomic E-state index is 13.0. The highest BCUT2D eigenvalue weighted by molar-refractivity contribution is 7.85. The zero-order chi connectivity index (χ0) is 13.0. The van der Waals surface area contributed by atoms with Crippen molar-refractivity contribution in [2.24, 2.45) is 5.92 Å². The second-order valence-corrected chi connectivity index (χ2v) is 5.72. The van der Waals surface area contributed by atoms with Gasteiger partial charge in [0, 0.05) is 16.7 Å². The third kappa shape index (κ3) is 3.85. The summed E-state index contributed by atoms with van der Waals surface area (Å²) in [5, 5.41) is 3.07. The molecule has 0 aliphatic heterocycles. The lowest BCUT2D eigenvalue weighted by molar-refractivity contribution is 0.461. The molecule has 5 heteroatoms. The Labute approximate surface area is 103 Å². The summed E-state index contributed by atoms with van der Waals surface area (Å²) >= 11 is 0. The van der Waals surface area contributed by atoms with Crippen LogP contribution in [0.3, 0.4) is 0 Å². The van der Waals surface area contributed by atoms with Crippen LogP contribution in [0.2, 0.25) is 0 Å². The molecule has 0 bridgehead atoms. The van der Waals surface area contributed by atoms with Gasteiger partial charge in [0.05, 0.1) is 10.8 Å². The monoisotopic (exact) mass is 261 g/mol. The summed E-state index contributed by atoms with van der Waals surface area (Å²) in [5.74, 6) is -1.16. The van der Waals surface area contributed by atoms with Crippen molar-refractivity contribution in [3.63, 3.8) is 0 Å². The second kappa shape index (κ2) is 6.21. The molecule has 1 aromatic rings. The molecule has 1 rings (SSSR count). The number of nitrogens with one attached hydrogen (secondary N) is 1. The van der Waals surface area contributed by atoms with Gasteiger partial charge < -0.3 is 5.32 Å². The summed E-state index contributed by atoms with van der Waals surface area (Å²) in [6.45, 7) is 4.03. The van der Waals surface area contributed by atoms with E-state index < -0.39 is 22.4 Å². The molecule has 0 heterocycles. The molecule has 2 atom stereocenters. The number of rotatable bonds is 5. The maximum absolute atomic E-state index is 13.0. The van der Waals surface area contributed by atoms with Gasteiger partial charge in [-0.2, -0.15) is 0 Å². The van der Waals surface area contributed by atoms with Crippen LogP contribution in [0.4, 0.5) is 8.78 Å². The Morgan fingerprint density at radius 1 is 1.29 bits per heavy atom. The molecule has 0 saturated carbocycles. The lowest BCUT2D eigenvalue weighted by atomic mass is 10.1. The first-order chi connectivity index (χ1) is 7.95. The summed E-state index contributed by atoms with van der Waals surface area (Å²) in [7, 11) is 0.477. The van der Waals surface area contributed by atoms with Crippen LogP contribution in [0, 0.1) is 17.6 Å². The van der Waals surface area contributed by atoms with Crippen molar-refractivity contribution >= 4 is 10.8 Å². The van der Waals surface area contributed by atoms with Gasteiger partial charge >= 0.3 is 0 Å². The molecule has 96 valence electrons. The molecule has 17 heavy (non-hydrogen) atoms. The van der Waals surface area contributed by atoms with E-state index in [9.17, 15) is 13.0 Å². The van der Waals surface area contributed by atoms with Gasteiger partial charge in [-0.05, 0) is 31.2 Å². The Kier molecular flexibility index (Phi) is 5.21. The van der Waals surface area contributed by atoms with Crippen LogP contribution in [0.25, 0.3) is 0 Å². The maximum Gasteiger partial charge on any atom is 0.160 e. The molecular weight excluding hydrogens is 244 g/mol. The first kappa shape index (κ1) is 14.3. The fourth-order valence-corrected chi connectivity index (χ4v) is 3.01. The highest BCUT2D eigenvalue weighted by Gasteiger charge is 2.16. The van der Waals surface area contributed by atoms with Gasteiger partial charge in [-0.3, -0.25) is 4.21 Å². The molecule has 2 unspecified atom stereocenters. The van der Waals surface area contributed by atoms with Crippen LogP contribution >= 0.6 is 0 Å². The minimum Gasteiger partial charge on any atom is -0.316 e. The summed E-state index contributed by atoms with van der Waals surface area (Å²) in [6, 6.07) is 3.45. The quantitative estimate of drug-likeness (QED) is 0.881. The fourth-order valence-electron chi connectivity index (χ4n) is 1.49. The summed E-state index contributed by atoms with van der Waals surface area (Å²) in [4.78, 5) is 0.324. The Balaban J connectivity index is 2.79. The SMILES string of the molecule is CNC(CS(=O)c1ccc(F)c(F)c1)C(C)C. The first-order valence-corrected chi connectivity index (χ1v) is 6.78. The van der Waals surface area contributed by atoms with E-state index >= 15 is 0 Å². The molecule has 0 fully saturated rings. The summed E-state index contributed by atoms with van der Waals surface area (Å²) in [5.41, 5.74) is 0. The minimum absolute atomic E-state index is 0.0870. The van der Waals surface area contributed by atoms with Crippen LogP contribution in [-0.4, -0.2) is 23.1 Å². The lowest BCUT2D eigenvalue weighted by Crippen LogP contribution is -2.35. The molecular formula is C12H17F2NOS. The van der Waals surface area contributed by atoms with Gasteiger partial charge in [-0.25, -0.2) is 8.78 Å². The van der Waals surface area contributed by atoms with Gasteiger partial charge in [-0.1, -0.05) is 13.8 Å². The van der Waals surface area contributed by atoms with Crippen molar-refractivity contribution in [2.75, 3.05) is 12.8 Å². The predicted molar refractivity (Wildman–Crippen MR) is 65.3 cm³/mol. The van der Waals surface area contributed by atoms with Crippen LogP contribution in [-0.2, 0) is 10.8 Å². The molecule has 1 N–H and O–H groups in total. The minimum atomic E-state index is -1.32. The van der Waals surface area contributed by atoms with Gasteiger partial charge in [-0.15, -0.1) is 0 Å². The normalized spacial score (nSPS) is 14.9. The second-order valence-electron chi connectivity index (χ2n) is 4.23. The Hall–Kier alpha value is -0.810. The molecule has 0 spiro atoms. The van der Waals surface area contributed by atoms with Crippen LogP contribution in [0.5, 0.6) is 0 Å². The van der Waals surface area contributed by atoms with Crippen molar-refractivity contribution < 1.29 is 13.0 Å². The van der Waals surface area contributed by atoms with E-state index in [2.05, 4.69) is 5.32 Å². The topological polar surface area (TPSA) is 29.1 Å². The van der Waals surface area contributed by atoms with Crippen LogP contribution in [0.15, 0.2) is 23.1 Å². The van der Waals surface area contributed by atoms with E-state index in [4.69, 9.17) is 0 Å². The zero-order valence-electron chi connectivity index (χ0n) is 10.2. The number of halogens is 2. The van der Waals surface area contributed by atoms with Gasteiger partial charge in [0.2, 0.25) is 0 Å². The van der Waals surface area contributed by atoms with E-state index in [0.29, 0.717) is 16.6 Å². The molecule has 1 aromatic carbocycles. The Bertz CT molecular complexity index is 409. The van der Waals surface area contributed by atoms with E-state index in [1.54, 1.807) is 7.05 Å². The average molecular weight is 261 g/mol. The van der Waals surface area contributed by atoms with Crippen LogP contribution in [0.1, 0.15) is 13.8 Å². The van der Waals surface area contributed by atoms with Crippen molar-refractivity contribution in [3.8, 4) is 0 Å².